The molecule has 0 aliphatic heterocycles. The molecule has 0 saturated carbocycles. The van der Waals surface area contributed by atoms with Gasteiger partial charge in [-0.25, -0.2) is 0 Å². The van der Waals surface area contributed by atoms with Crippen molar-refractivity contribution in [1.29, 1.82) is 0 Å². The summed E-state index contributed by atoms with van der Waals surface area (Å²) in [6, 6.07) is 11.0. The number of hydrogen-bond donors (Lipinski definition) is 4. The Balaban J connectivity index is 2.36. The Morgan fingerprint density at radius 1 is 0.611 bits per heavy atom. The monoisotopic (exact) mass is 240 g/mol. The average Bonchev–Trinajstić information content (AvgIpc) is 2.36. The van der Waals surface area contributed by atoms with Crippen LogP contribution in [0.1, 0.15) is 11.1 Å². The molecule has 92 valence electrons. The zero-order chi connectivity index (χ0) is 13.1. The van der Waals surface area contributed by atoms with Crippen molar-refractivity contribution in [2.75, 3.05) is 22.9 Å². The molecule has 0 spiro atoms. The molecule has 18 heavy (non-hydrogen) atoms. The van der Waals surface area contributed by atoms with E-state index in [2.05, 4.69) is 0 Å². The van der Waals surface area contributed by atoms with Crippen molar-refractivity contribution in [2.45, 2.75) is 0 Å². The fraction of sp³-hybridized carbons (Fsp3) is 0. The predicted octanol–water partition coefficient (Wildman–Crippen LogP) is 2.19. The van der Waals surface area contributed by atoms with Crippen LogP contribution in [0.4, 0.5) is 22.7 Å². The summed E-state index contributed by atoms with van der Waals surface area (Å²) >= 11 is 0. The van der Waals surface area contributed by atoms with E-state index >= 15 is 0 Å². The molecule has 2 aromatic carbocycles. The molecule has 0 aromatic heterocycles. The van der Waals surface area contributed by atoms with Gasteiger partial charge in [0.25, 0.3) is 0 Å². The largest absolute Gasteiger partial charge is 0.397 e. The van der Waals surface area contributed by atoms with Gasteiger partial charge in [-0.15, -0.1) is 0 Å². The summed E-state index contributed by atoms with van der Waals surface area (Å²) in [5, 5.41) is 0. The molecule has 8 N–H and O–H groups in total. The van der Waals surface area contributed by atoms with E-state index in [0.717, 1.165) is 11.1 Å². The molecular formula is C14H16N4. The van der Waals surface area contributed by atoms with Gasteiger partial charge in [0.1, 0.15) is 0 Å². The quantitative estimate of drug-likeness (QED) is 0.477. The lowest BCUT2D eigenvalue weighted by Crippen LogP contribution is -1.97. The molecule has 0 saturated heterocycles. The van der Waals surface area contributed by atoms with E-state index in [4.69, 9.17) is 22.9 Å². The van der Waals surface area contributed by atoms with Gasteiger partial charge >= 0.3 is 0 Å². The molecule has 0 aliphatic rings. The van der Waals surface area contributed by atoms with E-state index in [-0.39, 0.29) is 0 Å². The Morgan fingerprint density at radius 3 is 1.39 bits per heavy atom. The lowest BCUT2D eigenvalue weighted by Gasteiger charge is -2.05. The average molecular weight is 240 g/mol. The molecule has 4 nitrogen and oxygen atoms in total. The van der Waals surface area contributed by atoms with Gasteiger partial charge in [0.2, 0.25) is 0 Å². The molecule has 4 heteroatoms. The molecule has 2 rings (SSSR count). The predicted molar refractivity (Wildman–Crippen MR) is 79.5 cm³/mol. The summed E-state index contributed by atoms with van der Waals surface area (Å²) in [5.41, 5.74) is 27.2. The van der Waals surface area contributed by atoms with Crippen LogP contribution < -0.4 is 22.9 Å². The van der Waals surface area contributed by atoms with Gasteiger partial charge in [-0.05, 0) is 23.3 Å². The molecule has 0 amide bonds. The zero-order valence-electron chi connectivity index (χ0n) is 9.93. The lowest BCUT2D eigenvalue weighted by atomic mass is 10.1. The number of anilines is 4. The second-order valence-electron chi connectivity index (χ2n) is 4.03. The Morgan fingerprint density at radius 2 is 1.00 bits per heavy atom. The fourth-order valence-electron chi connectivity index (χ4n) is 1.67. The van der Waals surface area contributed by atoms with Gasteiger partial charge in [-0.3, -0.25) is 0 Å². The van der Waals surface area contributed by atoms with E-state index in [1.807, 2.05) is 36.4 Å². The second kappa shape index (κ2) is 4.71. The first kappa shape index (κ1) is 11.9. The molecule has 0 fully saturated rings. The maximum atomic E-state index is 5.88. The van der Waals surface area contributed by atoms with Crippen molar-refractivity contribution in [3.63, 3.8) is 0 Å². The Bertz CT molecular complexity index is 549. The van der Waals surface area contributed by atoms with E-state index in [1.54, 1.807) is 12.1 Å². The summed E-state index contributed by atoms with van der Waals surface area (Å²) < 4.78 is 0. The first-order chi connectivity index (χ1) is 8.59. The van der Waals surface area contributed by atoms with Gasteiger partial charge in [-0.1, -0.05) is 36.4 Å². The number of nitrogens with two attached hydrogens (primary N) is 4. The van der Waals surface area contributed by atoms with Crippen molar-refractivity contribution < 1.29 is 0 Å². The Kier molecular flexibility index (Phi) is 3.10. The van der Waals surface area contributed by atoms with Crippen molar-refractivity contribution in [3.05, 3.63) is 47.5 Å². The van der Waals surface area contributed by atoms with Crippen molar-refractivity contribution in [2.24, 2.45) is 0 Å². The molecule has 0 unspecified atom stereocenters. The van der Waals surface area contributed by atoms with Gasteiger partial charge in [-0.2, -0.15) is 0 Å². The number of benzene rings is 2. The molecule has 0 heterocycles. The van der Waals surface area contributed by atoms with Crippen molar-refractivity contribution in [1.82, 2.24) is 0 Å². The number of rotatable bonds is 2. The topological polar surface area (TPSA) is 104 Å². The van der Waals surface area contributed by atoms with Gasteiger partial charge in [0, 0.05) is 0 Å². The van der Waals surface area contributed by atoms with E-state index in [9.17, 15) is 0 Å². The highest BCUT2D eigenvalue weighted by molar-refractivity contribution is 5.85. The van der Waals surface area contributed by atoms with Crippen LogP contribution in [0.5, 0.6) is 0 Å². The standard InChI is InChI=1S/C14H16N4/c15-11-5-1-3-9(13(11)17)7-8-10-4-2-6-12(16)14(10)18/h1-8H,15-18H2/b8-7+. The molecule has 2 aromatic rings. The first-order valence-corrected chi connectivity index (χ1v) is 5.55. The highest BCUT2D eigenvalue weighted by Gasteiger charge is 2.00. The summed E-state index contributed by atoms with van der Waals surface area (Å²) in [5.74, 6) is 0. The second-order valence-corrected chi connectivity index (χ2v) is 4.03. The minimum Gasteiger partial charge on any atom is -0.397 e. The van der Waals surface area contributed by atoms with Gasteiger partial charge < -0.3 is 22.9 Å². The third-order valence-corrected chi connectivity index (χ3v) is 2.79. The van der Waals surface area contributed by atoms with Crippen LogP contribution >= 0.6 is 0 Å². The lowest BCUT2D eigenvalue weighted by molar-refractivity contribution is 1.61. The molecule has 0 radical (unpaired) electrons. The normalized spacial score (nSPS) is 10.9. The van der Waals surface area contributed by atoms with Crippen molar-refractivity contribution in [3.8, 4) is 0 Å². The zero-order valence-corrected chi connectivity index (χ0v) is 9.93. The van der Waals surface area contributed by atoms with Gasteiger partial charge in [0.05, 0.1) is 22.7 Å². The van der Waals surface area contributed by atoms with Crippen LogP contribution in [0.25, 0.3) is 12.2 Å². The Labute approximate surface area is 106 Å². The van der Waals surface area contributed by atoms with Crippen LogP contribution in [0.15, 0.2) is 36.4 Å². The summed E-state index contributed by atoms with van der Waals surface area (Å²) in [4.78, 5) is 0. The van der Waals surface area contributed by atoms with Gasteiger partial charge in [0.15, 0.2) is 0 Å². The summed E-state index contributed by atoms with van der Waals surface area (Å²) in [6.07, 6.45) is 3.74. The van der Waals surface area contributed by atoms with E-state index < -0.39 is 0 Å². The molecule has 0 atom stereocenters. The fourth-order valence-corrected chi connectivity index (χ4v) is 1.67. The molecule has 0 aliphatic carbocycles. The maximum absolute atomic E-state index is 5.88. The first-order valence-electron chi connectivity index (χ1n) is 5.55. The van der Waals surface area contributed by atoms with E-state index in [1.165, 1.54) is 0 Å². The van der Waals surface area contributed by atoms with Crippen LogP contribution in [0, 0.1) is 0 Å². The van der Waals surface area contributed by atoms with Crippen LogP contribution in [-0.4, -0.2) is 0 Å². The number of para-hydroxylation sites is 2. The highest BCUT2D eigenvalue weighted by Crippen LogP contribution is 2.24. The third-order valence-electron chi connectivity index (χ3n) is 2.79. The summed E-state index contributed by atoms with van der Waals surface area (Å²) in [7, 11) is 0. The smallest absolute Gasteiger partial charge is 0.0621 e. The Hall–Kier alpha value is -2.62. The molecular weight excluding hydrogens is 224 g/mol. The van der Waals surface area contributed by atoms with E-state index in [0.29, 0.717) is 22.7 Å². The van der Waals surface area contributed by atoms with Crippen LogP contribution in [0.3, 0.4) is 0 Å². The minimum absolute atomic E-state index is 0.566. The molecule has 0 bridgehead atoms. The van der Waals surface area contributed by atoms with Crippen LogP contribution in [0.2, 0.25) is 0 Å². The SMILES string of the molecule is Nc1cccc(/C=C/c2cccc(N)c2N)c1N. The maximum Gasteiger partial charge on any atom is 0.0621 e. The number of nitrogen functional groups attached to an aromatic ring is 4. The third kappa shape index (κ3) is 2.22. The number of hydrogen-bond acceptors (Lipinski definition) is 4. The van der Waals surface area contributed by atoms with Crippen LogP contribution in [-0.2, 0) is 0 Å². The summed E-state index contributed by atoms with van der Waals surface area (Å²) in [6.45, 7) is 0. The minimum atomic E-state index is 0.566. The van der Waals surface area contributed by atoms with Crippen molar-refractivity contribution >= 4 is 34.9 Å². The highest BCUT2D eigenvalue weighted by atomic mass is 14.7.